The second-order valence-electron chi connectivity index (χ2n) is 4.66. The Kier molecular flexibility index (Phi) is 2.21. The topological polar surface area (TPSA) is 60.1 Å². The maximum absolute atomic E-state index is 11.9. The van der Waals surface area contributed by atoms with E-state index in [9.17, 15) is 4.79 Å². The van der Waals surface area contributed by atoms with Crippen LogP contribution in [0.1, 0.15) is 42.1 Å². The van der Waals surface area contributed by atoms with Gasteiger partial charge in [0.05, 0.1) is 11.3 Å². The predicted octanol–water partition coefficient (Wildman–Crippen LogP) is 1.45. The zero-order valence-electron chi connectivity index (χ0n) is 9.97. The Morgan fingerprint density at radius 2 is 2.24 bits per heavy atom. The van der Waals surface area contributed by atoms with Gasteiger partial charge < -0.3 is 0 Å². The molecule has 1 aliphatic rings. The van der Waals surface area contributed by atoms with Crippen molar-refractivity contribution in [1.29, 1.82) is 0 Å². The number of ketones is 1. The van der Waals surface area contributed by atoms with E-state index in [0.29, 0.717) is 23.7 Å². The van der Waals surface area contributed by atoms with Crippen molar-refractivity contribution in [2.24, 2.45) is 5.92 Å². The van der Waals surface area contributed by atoms with E-state index in [4.69, 9.17) is 0 Å². The third-order valence-corrected chi connectivity index (χ3v) is 3.15. The van der Waals surface area contributed by atoms with Crippen LogP contribution < -0.4 is 0 Å². The van der Waals surface area contributed by atoms with Gasteiger partial charge in [0, 0.05) is 19.0 Å². The van der Waals surface area contributed by atoms with E-state index in [1.54, 1.807) is 10.7 Å². The molecule has 0 aromatic carbocycles. The van der Waals surface area contributed by atoms with Gasteiger partial charge in [0.2, 0.25) is 0 Å². The smallest absolute Gasteiger partial charge is 0.252 e. The molecule has 5 nitrogen and oxygen atoms in total. The number of carbonyl (C=O) groups is 1. The van der Waals surface area contributed by atoms with Crippen LogP contribution in [0.25, 0.3) is 5.78 Å². The average Bonchev–Trinajstić information content (AvgIpc) is 2.68. The molecule has 2 heterocycles. The molecular formula is C12H14N4O. The van der Waals surface area contributed by atoms with Crippen LogP contribution in [0.2, 0.25) is 0 Å². The molecule has 0 fully saturated rings. The SMILES string of the molecule is CCc1nc2nc3c(cn2n1)C(=O)C[C@H](C)C3. The van der Waals surface area contributed by atoms with Crippen LogP contribution in [-0.2, 0) is 12.8 Å². The number of fused-ring (bicyclic) bond motifs is 2. The second kappa shape index (κ2) is 3.61. The van der Waals surface area contributed by atoms with E-state index in [1.807, 2.05) is 6.92 Å². The normalized spacial score (nSPS) is 19.6. The van der Waals surface area contributed by atoms with Crippen molar-refractivity contribution in [3.8, 4) is 0 Å². The summed E-state index contributed by atoms with van der Waals surface area (Å²) < 4.78 is 1.62. The summed E-state index contributed by atoms with van der Waals surface area (Å²) >= 11 is 0. The Morgan fingerprint density at radius 1 is 1.41 bits per heavy atom. The number of Topliss-reactive ketones (excluding diaryl/α,β-unsaturated/α-hetero) is 1. The predicted molar refractivity (Wildman–Crippen MR) is 62.0 cm³/mol. The molecule has 1 atom stereocenters. The first kappa shape index (κ1) is 10.4. The van der Waals surface area contributed by atoms with Crippen LogP contribution in [0.4, 0.5) is 0 Å². The molecule has 0 saturated carbocycles. The van der Waals surface area contributed by atoms with Gasteiger partial charge in [-0.2, -0.15) is 4.98 Å². The van der Waals surface area contributed by atoms with Crippen molar-refractivity contribution < 1.29 is 4.79 Å². The summed E-state index contributed by atoms with van der Waals surface area (Å²) in [6, 6.07) is 0. The number of nitrogens with zero attached hydrogens (tertiary/aromatic N) is 4. The van der Waals surface area contributed by atoms with Crippen molar-refractivity contribution in [2.75, 3.05) is 0 Å². The first-order chi connectivity index (χ1) is 8.17. The molecule has 0 radical (unpaired) electrons. The Labute approximate surface area is 98.9 Å². The molecule has 17 heavy (non-hydrogen) atoms. The number of hydrogen-bond donors (Lipinski definition) is 0. The lowest BCUT2D eigenvalue weighted by molar-refractivity contribution is 0.0951. The summed E-state index contributed by atoms with van der Waals surface area (Å²) in [4.78, 5) is 20.7. The van der Waals surface area contributed by atoms with Crippen molar-refractivity contribution in [3.05, 3.63) is 23.3 Å². The Morgan fingerprint density at radius 3 is 3.00 bits per heavy atom. The molecule has 3 rings (SSSR count). The van der Waals surface area contributed by atoms with Crippen LogP contribution in [0.3, 0.4) is 0 Å². The lowest BCUT2D eigenvalue weighted by Crippen LogP contribution is -2.20. The molecule has 0 bridgehead atoms. The van der Waals surface area contributed by atoms with Gasteiger partial charge in [0.15, 0.2) is 11.6 Å². The molecular weight excluding hydrogens is 216 g/mol. The third-order valence-electron chi connectivity index (χ3n) is 3.15. The summed E-state index contributed by atoms with van der Waals surface area (Å²) in [5, 5.41) is 4.28. The first-order valence-electron chi connectivity index (χ1n) is 5.95. The molecule has 1 aliphatic carbocycles. The second-order valence-corrected chi connectivity index (χ2v) is 4.66. The zero-order valence-corrected chi connectivity index (χ0v) is 9.97. The van der Waals surface area contributed by atoms with Gasteiger partial charge >= 0.3 is 0 Å². The van der Waals surface area contributed by atoms with E-state index < -0.39 is 0 Å². The van der Waals surface area contributed by atoms with E-state index in [1.165, 1.54) is 0 Å². The van der Waals surface area contributed by atoms with E-state index in [0.717, 1.165) is 24.4 Å². The zero-order chi connectivity index (χ0) is 12.0. The quantitative estimate of drug-likeness (QED) is 0.744. The standard InChI is InChI=1S/C12H14N4O/c1-3-11-14-12-13-9-4-7(2)5-10(17)8(9)6-16(12)15-11/h6-7H,3-5H2,1-2H3/t7-/m1/s1. The number of aryl methyl sites for hydroxylation is 1. The lowest BCUT2D eigenvalue weighted by Gasteiger charge is -2.18. The molecule has 0 saturated heterocycles. The van der Waals surface area contributed by atoms with Crippen molar-refractivity contribution >= 4 is 11.6 Å². The molecule has 2 aromatic rings. The molecule has 0 amide bonds. The van der Waals surface area contributed by atoms with Gasteiger partial charge in [-0.15, -0.1) is 5.10 Å². The number of aromatic nitrogens is 4. The highest BCUT2D eigenvalue weighted by Gasteiger charge is 2.24. The fourth-order valence-electron chi connectivity index (χ4n) is 2.27. The van der Waals surface area contributed by atoms with Crippen molar-refractivity contribution in [1.82, 2.24) is 19.6 Å². The van der Waals surface area contributed by atoms with Crippen LogP contribution in [0.5, 0.6) is 0 Å². The Balaban J connectivity index is 2.20. The van der Waals surface area contributed by atoms with Gasteiger partial charge in [-0.3, -0.25) is 4.79 Å². The minimum atomic E-state index is 0.168. The van der Waals surface area contributed by atoms with Gasteiger partial charge in [-0.1, -0.05) is 13.8 Å². The highest BCUT2D eigenvalue weighted by atomic mass is 16.1. The van der Waals surface area contributed by atoms with Crippen LogP contribution in [0.15, 0.2) is 6.20 Å². The first-order valence-corrected chi connectivity index (χ1v) is 5.95. The minimum Gasteiger partial charge on any atom is -0.294 e. The third kappa shape index (κ3) is 1.62. The number of carbonyl (C=O) groups excluding carboxylic acids is 1. The van der Waals surface area contributed by atoms with Gasteiger partial charge in [-0.05, 0) is 12.3 Å². The summed E-state index contributed by atoms with van der Waals surface area (Å²) in [5.41, 5.74) is 1.58. The van der Waals surface area contributed by atoms with Crippen LogP contribution in [0, 0.1) is 5.92 Å². The Hall–Kier alpha value is -1.78. The van der Waals surface area contributed by atoms with E-state index in [-0.39, 0.29) is 5.78 Å². The largest absolute Gasteiger partial charge is 0.294 e. The maximum Gasteiger partial charge on any atom is 0.252 e. The minimum absolute atomic E-state index is 0.168. The van der Waals surface area contributed by atoms with Gasteiger partial charge in [-0.25, -0.2) is 9.50 Å². The summed E-state index contributed by atoms with van der Waals surface area (Å²) in [5.74, 6) is 1.91. The van der Waals surface area contributed by atoms with Crippen LogP contribution in [-0.4, -0.2) is 25.4 Å². The molecule has 0 aliphatic heterocycles. The summed E-state index contributed by atoms with van der Waals surface area (Å²) in [6.07, 6.45) is 4.01. The molecule has 0 spiro atoms. The average molecular weight is 230 g/mol. The lowest BCUT2D eigenvalue weighted by atomic mass is 9.88. The van der Waals surface area contributed by atoms with E-state index >= 15 is 0 Å². The number of rotatable bonds is 1. The summed E-state index contributed by atoms with van der Waals surface area (Å²) in [6.45, 7) is 4.08. The molecule has 2 aromatic heterocycles. The highest BCUT2D eigenvalue weighted by Crippen LogP contribution is 2.23. The van der Waals surface area contributed by atoms with Crippen LogP contribution >= 0.6 is 0 Å². The van der Waals surface area contributed by atoms with Gasteiger partial charge in [0.25, 0.3) is 5.78 Å². The van der Waals surface area contributed by atoms with E-state index in [2.05, 4.69) is 22.0 Å². The fourth-order valence-corrected chi connectivity index (χ4v) is 2.27. The Bertz CT molecular complexity index is 602. The monoisotopic (exact) mass is 230 g/mol. The molecule has 5 heteroatoms. The molecule has 0 unspecified atom stereocenters. The maximum atomic E-state index is 11.9. The highest BCUT2D eigenvalue weighted by molar-refractivity contribution is 5.98. The van der Waals surface area contributed by atoms with Gasteiger partial charge in [0.1, 0.15) is 0 Å². The van der Waals surface area contributed by atoms with Crippen molar-refractivity contribution in [3.63, 3.8) is 0 Å². The summed E-state index contributed by atoms with van der Waals surface area (Å²) in [7, 11) is 0. The molecule has 0 N–H and O–H groups in total. The molecule has 88 valence electrons. The van der Waals surface area contributed by atoms with Crippen molar-refractivity contribution in [2.45, 2.75) is 33.1 Å². The number of hydrogen-bond acceptors (Lipinski definition) is 4. The fraction of sp³-hybridized carbons (Fsp3) is 0.500.